The van der Waals surface area contributed by atoms with Crippen molar-refractivity contribution in [2.45, 2.75) is 38.1 Å². The summed E-state index contributed by atoms with van der Waals surface area (Å²) in [6.07, 6.45) is 1.11. The first-order valence-corrected chi connectivity index (χ1v) is 7.18. The molecule has 88 valence electrons. The van der Waals surface area contributed by atoms with Crippen LogP contribution in [0.4, 0.5) is 0 Å². The molecule has 2 rings (SSSR count). The van der Waals surface area contributed by atoms with E-state index < -0.39 is 10.8 Å². The predicted octanol–water partition coefficient (Wildman–Crippen LogP) is 2.47. The minimum absolute atomic E-state index is 0.287. The minimum Gasteiger partial charge on any atom is -0.309 e. The maximum Gasteiger partial charge on any atom is 0.0552 e. The van der Waals surface area contributed by atoms with Crippen molar-refractivity contribution >= 4 is 10.8 Å². The molecule has 0 spiro atoms. The molecule has 1 aromatic rings. The summed E-state index contributed by atoms with van der Waals surface area (Å²) in [5, 5.41) is 3.47. The summed E-state index contributed by atoms with van der Waals surface area (Å²) >= 11 is 0. The van der Waals surface area contributed by atoms with Crippen LogP contribution in [0.25, 0.3) is 0 Å². The van der Waals surface area contributed by atoms with Gasteiger partial charge >= 0.3 is 0 Å². The van der Waals surface area contributed by atoms with Crippen LogP contribution in [0.3, 0.4) is 0 Å². The van der Waals surface area contributed by atoms with Gasteiger partial charge in [-0.2, -0.15) is 0 Å². The molecular weight excluding hydrogens is 218 g/mol. The normalized spacial score (nSPS) is 23.4. The maximum absolute atomic E-state index is 12.0. The van der Waals surface area contributed by atoms with Gasteiger partial charge in [0.15, 0.2) is 0 Å². The number of hydrogen-bond donors (Lipinski definition) is 1. The molecule has 0 bridgehead atoms. The van der Waals surface area contributed by atoms with Crippen LogP contribution < -0.4 is 5.32 Å². The Kier molecular flexibility index (Phi) is 3.45. The first-order valence-electron chi connectivity index (χ1n) is 5.86. The van der Waals surface area contributed by atoms with E-state index in [1.165, 1.54) is 16.7 Å². The second-order valence-electron chi connectivity index (χ2n) is 4.49. The largest absolute Gasteiger partial charge is 0.309 e. The van der Waals surface area contributed by atoms with Gasteiger partial charge < -0.3 is 5.32 Å². The van der Waals surface area contributed by atoms with E-state index in [0.29, 0.717) is 0 Å². The Morgan fingerprint density at radius 3 is 2.75 bits per heavy atom. The number of fused-ring (bicyclic) bond motifs is 1. The van der Waals surface area contributed by atoms with Crippen LogP contribution in [0.15, 0.2) is 17.0 Å². The SMILES string of the molecule is CCCNC1CS(=O)c2cc(C)c(C)cc21. The lowest BCUT2D eigenvalue weighted by Gasteiger charge is -2.13. The van der Waals surface area contributed by atoms with Gasteiger partial charge in [0.1, 0.15) is 0 Å². The van der Waals surface area contributed by atoms with Crippen LogP contribution in [-0.2, 0) is 10.8 Å². The van der Waals surface area contributed by atoms with Crippen molar-refractivity contribution in [2.24, 2.45) is 0 Å². The standard InChI is InChI=1S/C13H19NOS/c1-4-5-14-12-8-16(15)13-7-10(3)9(2)6-11(12)13/h6-7,12,14H,4-5,8H2,1-3H3. The highest BCUT2D eigenvalue weighted by Crippen LogP contribution is 2.32. The molecule has 2 unspecified atom stereocenters. The minimum atomic E-state index is -0.812. The number of aryl methyl sites for hydroxylation is 2. The molecule has 0 saturated carbocycles. The number of rotatable bonds is 3. The second kappa shape index (κ2) is 4.68. The molecule has 0 radical (unpaired) electrons. The van der Waals surface area contributed by atoms with Crippen molar-refractivity contribution in [1.29, 1.82) is 0 Å². The second-order valence-corrected chi connectivity index (χ2v) is 5.96. The smallest absolute Gasteiger partial charge is 0.0552 e. The molecule has 2 atom stereocenters. The van der Waals surface area contributed by atoms with E-state index in [-0.39, 0.29) is 6.04 Å². The zero-order valence-corrected chi connectivity index (χ0v) is 11.0. The fourth-order valence-corrected chi connectivity index (χ4v) is 3.65. The van der Waals surface area contributed by atoms with Gasteiger partial charge in [-0.3, -0.25) is 4.21 Å². The summed E-state index contributed by atoms with van der Waals surface area (Å²) in [4.78, 5) is 1.04. The summed E-state index contributed by atoms with van der Waals surface area (Å²) in [6, 6.07) is 4.58. The molecule has 2 nitrogen and oxygen atoms in total. The van der Waals surface area contributed by atoms with Crippen molar-refractivity contribution in [1.82, 2.24) is 5.32 Å². The molecule has 0 aromatic heterocycles. The van der Waals surface area contributed by atoms with E-state index in [1.807, 2.05) is 0 Å². The van der Waals surface area contributed by atoms with Crippen molar-refractivity contribution in [3.05, 3.63) is 28.8 Å². The summed E-state index contributed by atoms with van der Waals surface area (Å²) in [5.74, 6) is 0.734. The number of benzene rings is 1. The van der Waals surface area contributed by atoms with Crippen LogP contribution in [0.2, 0.25) is 0 Å². The van der Waals surface area contributed by atoms with Crippen molar-refractivity contribution in [3.63, 3.8) is 0 Å². The average molecular weight is 237 g/mol. The lowest BCUT2D eigenvalue weighted by molar-refractivity contribution is 0.576. The molecule has 3 heteroatoms. The summed E-state index contributed by atoms with van der Waals surface area (Å²) in [5.41, 5.74) is 3.78. The molecule has 0 aliphatic carbocycles. The first kappa shape index (κ1) is 11.8. The lowest BCUT2D eigenvalue weighted by Crippen LogP contribution is -2.22. The Hall–Kier alpha value is -0.670. The van der Waals surface area contributed by atoms with Crippen LogP contribution in [0.1, 0.15) is 36.1 Å². The zero-order valence-electron chi connectivity index (χ0n) is 10.2. The number of nitrogens with one attached hydrogen (secondary N) is 1. The molecule has 1 aliphatic heterocycles. The van der Waals surface area contributed by atoms with Crippen LogP contribution in [0.5, 0.6) is 0 Å². The van der Waals surface area contributed by atoms with Gasteiger partial charge in [-0.15, -0.1) is 0 Å². The predicted molar refractivity (Wildman–Crippen MR) is 68.2 cm³/mol. The van der Waals surface area contributed by atoms with Crippen LogP contribution in [0, 0.1) is 13.8 Å². The van der Waals surface area contributed by atoms with Gasteiger partial charge in [0, 0.05) is 16.7 Å². The molecule has 0 fully saturated rings. The van der Waals surface area contributed by atoms with Gasteiger partial charge in [-0.05, 0) is 49.6 Å². The lowest BCUT2D eigenvalue weighted by atomic mass is 10.0. The molecule has 1 N–H and O–H groups in total. The fourth-order valence-electron chi connectivity index (χ4n) is 2.10. The molecule has 1 aliphatic rings. The molecule has 0 amide bonds. The highest BCUT2D eigenvalue weighted by molar-refractivity contribution is 7.85. The van der Waals surface area contributed by atoms with Crippen LogP contribution in [-0.4, -0.2) is 16.5 Å². The van der Waals surface area contributed by atoms with E-state index >= 15 is 0 Å². The molecule has 1 heterocycles. The Morgan fingerprint density at radius 1 is 1.38 bits per heavy atom. The average Bonchev–Trinajstić information content (AvgIpc) is 2.54. The van der Waals surface area contributed by atoms with Gasteiger partial charge in [0.2, 0.25) is 0 Å². The van der Waals surface area contributed by atoms with E-state index in [9.17, 15) is 4.21 Å². The third-order valence-electron chi connectivity index (χ3n) is 3.21. The van der Waals surface area contributed by atoms with Crippen molar-refractivity contribution in [3.8, 4) is 0 Å². The highest BCUT2D eigenvalue weighted by atomic mass is 32.2. The van der Waals surface area contributed by atoms with E-state index in [1.54, 1.807) is 0 Å². The monoisotopic (exact) mass is 237 g/mol. The van der Waals surface area contributed by atoms with Gasteiger partial charge in [-0.25, -0.2) is 0 Å². The highest BCUT2D eigenvalue weighted by Gasteiger charge is 2.28. The quantitative estimate of drug-likeness (QED) is 0.875. The Bertz CT molecular complexity index is 428. The van der Waals surface area contributed by atoms with Crippen molar-refractivity contribution < 1.29 is 4.21 Å². The van der Waals surface area contributed by atoms with E-state index in [4.69, 9.17) is 0 Å². The molecular formula is C13H19NOS. The molecule has 0 saturated heterocycles. The number of hydrogen-bond acceptors (Lipinski definition) is 2. The van der Waals surface area contributed by atoms with Gasteiger partial charge in [0.25, 0.3) is 0 Å². The third kappa shape index (κ3) is 2.06. The third-order valence-corrected chi connectivity index (χ3v) is 4.69. The van der Waals surface area contributed by atoms with Gasteiger partial charge in [-0.1, -0.05) is 13.0 Å². The summed E-state index contributed by atoms with van der Waals surface area (Å²) in [6.45, 7) is 7.35. The maximum atomic E-state index is 12.0. The first-order chi connectivity index (χ1) is 7.63. The zero-order chi connectivity index (χ0) is 11.7. The molecule has 16 heavy (non-hydrogen) atoms. The summed E-state index contributed by atoms with van der Waals surface area (Å²) < 4.78 is 12.0. The summed E-state index contributed by atoms with van der Waals surface area (Å²) in [7, 11) is -0.812. The molecule has 1 aromatic carbocycles. The van der Waals surface area contributed by atoms with Gasteiger partial charge in [0.05, 0.1) is 10.8 Å². The topological polar surface area (TPSA) is 29.1 Å². The van der Waals surface area contributed by atoms with Crippen LogP contribution >= 0.6 is 0 Å². The Balaban J connectivity index is 2.34. The fraction of sp³-hybridized carbons (Fsp3) is 0.538. The Morgan fingerprint density at radius 2 is 2.06 bits per heavy atom. The van der Waals surface area contributed by atoms with E-state index in [2.05, 4.69) is 38.2 Å². The Labute approximate surface area is 99.9 Å². The van der Waals surface area contributed by atoms with E-state index in [0.717, 1.165) is 23.6 Å². The van der Waals surface area contributed by atoms with Crippen molar-refractivity contribution in [2.75, 3.05) is 12.3 Å².